The van der Waals surface area contributed by atoms with Crippen molar-refractivity contribution in [2.45, 2.75) is 39.0 Å². The third-order valence-corrected chi connectivity index (χ3v) is 6.09. The van der Waals surface area contributed by atoms with Crippen LogP contribution < -0.4 is 5.32 Å². The first-order valence-corrected chi connectivity index (χ1v) is 17.6. The van der Waals surface area contributed by atoms with E-state index in [-0.39, 0.29) is 18.7 Å². The van der Waals surface area contributed by atoms with Crippen molar-refractivity contribution < 1.29 is 71.5 Å². The number of unbranched alkanes of at least 4 members (excludes halogenated alkanes) is 1. The minimum absolute atomic E-state index is 0.0101. The normalized spacial score (nSPS) is 11.4. The van der Waals surface area contributed by atoms with E-state index in [1.807, 2.05) is 0 Å². The van der Waals surface area contributed by atoms with Crippen LogP contribution in [0, 0.1) is 0 Å². The number of carboxylic acid groups (broad SMARTS) is 1. The second kappa shape index (κ2) is 42.6. The third-order valence-electron chi connectivity index (χ3n) is 6.09. The van der Waals surface area contributed by atoms with Crippen LogP contribution in [0.25, 0.3) is 0 Å². The van der Waals surface area contributed by atoms with Gasteiger partial charge in [-0.2, -0.15) is 0 Å². The van der Waals surface area contributed by atoms with Crippen molar-refractivity contribution in [3.05, 3.63) is 0 Å². The molecule has 0 aliphatic rings. The van der Waals surface area contributed by atoms with E-state index in [0.29, 0.717) is 165 Å². The molecule has 0 bridgehead atoms. The second-order valence-corrected chi connectivity index (χ2v) is 10.3. The van der Waals surface area contributed by atoms with Gasteiger partial charge in [-0.15, -0.1) is 0 Å². The molecular formula is C33H65NO15. The van der Waals surface area contributed by atoms with Crippen LogP contribution in [0.4, 0.5) is 0 Å². The summed E-state index contributed by atoms with van der Waals surface area (Å²) in [5.41, 5.74) is 0. The molecule has 0 radical (unpaired) electrons. The maximum atomic E-state index is 11.4. The summed E-state index contributed by atoms with van der Waals surface area (Å²) in [6.45, 7) is 15.0. The lowest BCUT2D eigenvalue weighted by Gasteiger charge is -2.09. The summed E-state index contributed by atoms with van der Waals surface area (Å²) in [7, 11) is 0. The van der Waals surface area contributed by atoms with Gasteiger partial charge in [-0.3, -0.25) is 9.59 Å². The van der Waals surface area contributed by atoms with Crippen LogP contribution in [0.2, 0.25) is 0 Å². The number of carbonyl (C=O) groups excluding carboxylic acids is 1. The summed E-state index contributed by atoms with van der Waals surface area (Å²) in [6, 6.07) is 0. The first-order valence-electron chi connectivity index (χ1n) is 17.6. The fourth-order valence-corrected chi connectivity index (χ4v) is 3.48. The lowest BCUT2D eigenvalue weighted by molar-refractivity contribution is -0.138. The Kier molecular flexibility index (Phi) is 41.3. The van der Waals surface area contributed by atoms with E-state index in [2.05, 4.69) is 12.2 Å². The molecule has 0 spiro atoms. The lowest BCUT2D eigenvalue weighted by Crippen LogP contribution is -2.25. The highest BCUT2D eigenvalue weighted by molar-refractivity contribution is 5.80. The van der Waals surface area contributed by atoms with Gasteiger partial charge in [-0.25, -0.2) is 0 Å². The third kappa shape index (κ3) is 44.4. The number of nitrogens with one attached hydrogen (secondary N) is 1. The van der Waals surface area contributed by atoms with Gasteiger partial charge in [0.25, 0.3) is 0 Å². The highest BCUT2D eigenvalue weighted by Crippen LogP contribution is 1.91. The van der Waals surface area contributed by atoms with Crippen LogP contribution in [0.3, 0.4) is 0 Å². The van der Waals surface area contributed by atoms with Gasteiger partial charge in [0.15, 0.2) is 0 Å². The Hall–Kier alpha value is -1.54. The maximum absolute atomic E-state index is 11.4. The van der Waals surface area contributed by atoms with Gasteiger partial charge in [0, 0.05) is 26.2 Å². The summed E-state index contributed by atoms with van der Waals surface area (Å²) in [4.78, 5) is 21.8. The summed E-state index contributed by atoms with van der Waals surface area (Å²) in [6.07, 6.45) is 2.71. The molecule has 0 fully saturated rings. The maximum Gasteiger partial charge on any atom is 0.303 e. The quantitative estimate of drug-likeness (QED) is 0.0865. The molecule has 1 amide bonds. The molecular weight excluding hydrogens is 650 g/mol. The van der Waals surface area contributed by atoms with Crippen LogP contribution in [0.5, 0.6) is 0 Å². The Bertz CT molecular complexity index is 678. The standard InChI is InChI=1S/C33H65NO15/c1-2-3-8-38-10-12-40-14-16-42-18-20-44-22-24-46-26-28-48-30-31-49-29-27-47-25-23-45-21-19-43-17-15-41-13-11-39-9-4-7-34-32(35)5-6-33(36)37/h2-31H2,1H3,(H,34,35)(H,36,37). The van der Waals surface area contributed by atoms with Crippen molar-refractivity contribution in [1.29, 1.82) is 0 Å². The van der Waals surface area contributed by atoms with Gasteiger partial charge >= 0.3 is 5.97 Å². The Morgan fingerprint density at radius 2 is 0.633 bits per heavy atom. The average molecular weight is 716 g/mol. The Balaban J connectivity index is 3.08. The molecule has 49 heavy (non-hydrogen) atoms. The molecule has 0 aliphatic carbocycles. The molecule has 16 nitrogen and oxygen atoms in total. The highest BCUT2D eigenvalue weighted by atomic mass is 16.6. The van der Waals surface area contributed by atoms with E-state index in [0.717, 1.165) is 19.4 Å². The van der Waals surface area contributed by atoms with Gasteiger partial charge in [0.05, 0.1) is 152 Å². The molecule has 0 atom stereocenters. The molecule has 0 aromatic heterocycles. The van der Waals surface area contributed by atoms with Crippen LogP contribution in [0.15, 0.2) is 0 Å². The topological polar surface area (TPSA) is 177 Å². The van der Waals surface area contributed by atoms with Gasteiger partial charge < -0.3 is 67.3 Å². The van der Waals surface area contributed by atoms with Crippen molar-refractivity contribution in [3.63, 3.8) is 0 Å². The summed E-state index contributed by atoms with van der Waals surface area (Å²) < 4.78 is 65.4. The van der Waals surface area contributed by atoms with E-state index in [1.54, 1.807) is 0 Å². The summed E-state index contributed by atoms with van der Waals surface area (Å²) in [5.74, 6) is -1.25. The number of hydrogen-bond donors (Lipinski definition) is 2. The molecule has 0 saturated heterocycles. The molecule has 0 aliphatic heterocycles. The van der Waals surface area contributed by atoms with Crippen LogP contribution in [0.1, 0.15) is 39.0 Å². The number of ether oxygens (including phenoxy) is 12. The van der Waals surface area contributed by atoms with Crippen molar-refractivity contribution in [2.24, 2.45) is 0 Å². The number of carbonyl (C=O) groups is 2. The summed E-state index contributed by atoms with van der Waals surface area (Å²) >= 11 is 0. The minimum Gasteiger partial charge on any atom is -0.481 e. The van der Waals surface area contributed by atoms with E-state index in [4.69, 9.17) is 61.9 Å². The highest BCUT2D eigenvalue weighted by Gasteiger charge is 2.04. The number of carboxylic acids is 1. The molecule has 0 aromatic carbocycles. The Morgan fingerprint density at radius 3 is 0.878 bits per heavy atom. The first kappa shape index (κ1) is 47.5. The number of rotatable bonds is 43. The van der Waals surface area contributed by atoms with Crippen molar-refractivity contribution in [2.75, 3.05) is 165 Å². The van der Waals surface area contributed by atoms with Crippen molar-refractivity contribution in [3.8, 4) is 0 Å². The molecule has 0 rings (SSSR count). The predicted octanol–water partition coefficient (Wildman–Crippen LogP) is 1.36. The molecule has 0 heterocycles. The molecule has 0 unspecified atom stereocenters. The fraction of sp³-hybridized carbons (Fsp3) is 0.939. The van der Waals surface area contributed by atoms with Gasteiger partial charge in [0.2, 0.25) is 5.91 Å². The van der Waals surface area contributed by atoms with E-state index < -0.39 is 5.97 Å². The van der Waals surface area contributed by atoms with E-state index in [9.17, 15) is 9.59 Å². The first-order chi connectivity index (χ1) is 24.2. The van der Waals surface area contributed by atoms with E-state index >= 15 is 0 Å². The van der Waals surface area contributed by atoms with Gasteiger partial charge in [-0.05, 0) is 12.8 Å². The zero-order valence-corrected chi connectivity index (χ0v) is 29.9. The average Bonchev–Trinajstić information content (AvgIpc) is 3.10. The molecule has 0 aromatic rings. The molecule has 292 valence electrons. The second-order valence-electron chi connectivity index (χ2n) is 10.3. The summed E-state index contributed by atoms with van der Waals surface area (Å²) in [5, 5.41) is 11.2. The Labute approximate surface area is 292 Å². The SMILES string of the molecule is CCCCOCCOCCOCCOCCOCCOCCOCCOCCOCCOCCOCCOCCCNC(=O)CCC(=O)O. The lowest BCUT2D eigenvalue weighted by atomic mass is 10.3. The molecule has 2 N–H and O–H groups in total. The number of amides is 1. The number of aliphatic carboxylic acids is 1. The predicted molar refractivity (Wildman–Crippen MR) is 179 cm³/mol. The number of hydrogen-bond acceptors (Lipinski definition) is 14. The smallest absolute Gasteiger partial charge is 0.303 e. The van der Waals surface area contributed by atoms with Crippen LogP contribution in [-0.2, 0) is 66.4 Å². The molecule has 0 saturated carbocycles. The van der Waals surface area contributed by atoms with E-state index in [1.165, 1.54) is 0 Å². The van der Waals surface area contributed by atoms with Crippen molar-refractivity contribution >= 4 is 11.9 Å². The zero-order chi connectivity index (χ0) is 35.6. The molecule has 16 heteroatoms. The van der Waals surface area contributed by atoms with Crippen LogP contribution >= 0.6 is 0 Å². The Morgan fingerprint density at radius 1 is 0.388 bits per heavy atom. The van der Waals surface area contributed by atoms with Crippen molar-refractivity contribution in [1.82, 2.24) is 5.32 Å². The largest absolute Gasteiger partial charge is 0.481 e. The monoisotopic (exact) mass is 715 g/mol. The zero-order valence-electron chi connectivity index (χ0n) is 29.9. The van der Waals surface area contributed by atoms with Gasteiger partial charge in [0.1, 0.15) is 0 Å². The van der Waals surface area contributed by atoms with Crippen LogP contribution in [-0.4, -0.2) is 182 Å². The fourth-order valence-electron chi connectivity index (χ4n) is 3.48. The van der Waals surface area contributed by atoms with Gasteiger partial charge in [-0.1, -0.05) is 13.3 Å². The minimum atomic E-state index is -0.983.